The molecule has 2 rings (SSSR count). The van der Waals surface area contributed by atoms with Gasteiger partial charge in [0, 0.05) is 12.3 Å². The number of ketones is 1. The molecule has 17 heavy (non-hydrogen) atoms. The van der Waals surface area contributed by atoms with Crippen molar-refractivity contribution in [3.05, 3.63) is 0 Å². The Morgan fingerprint density at radius 1 is 1.24 bits per heavy atom. The number of fused-ring (bicyclic) bond motifs is 2. The maximum absolute atomic E-state index is 11.7. The van der Waals surface area contributed by atoms with Gasteiger partial charge < -0.3 is 5.32 Å². The molecule has 2 saturated carbocycles. The molecule has 2 fully saturated rings. The third-order valence-corrected chi connectivity index (χ3v) is 4.44. The molecular formula is C14H23NO2. The number of carbonyl (C=O) groups excluding carboxylic acids is 2. The van der Waals surface area contributed by atoms with Gasteiger partial charge in [-0.15, -0.1) is 0 Å². The fourth-order valence-electron chi connectivity index (χ4n) is 3.33. The van der Waals surface area contributed by atoms with E-state index in [2.05, 4.69) is 5.32 Å². The van der Waals surface area contributed by atoms with Crippen LogP contribution in [-0.4, -0.2) is 18.2 Å². The number of nitrogens with one attached hydrogen (secondary N) is 1. The second-order valence-electron chi connectivity index (χ2n) is 6.04. The van der Waals surface area contributed by atoms with Crippen molar-refractivity contribution in [2.45, 2.75) is 46.0 Å². The smallest absolute Gasteiger partial charge is 0.220 e. The summed E-state index contributed by atoms with van der Waals surface area (Å²) in [4.78, 5) is 23.1. The highest BCUT2D eigenvalue weighted by atomic mass is 16.2. The quantitative estimate of drug-likeness (QED) is 0.796. The number of hydrogen-bond donors (Lipinski definition) is 1. The second kappa shape index (κ2) is 5.19. The summed E-state index contributed by atoms with van der Waals surface area (Å²) in [6.07, 6.45) is 5.88. The van der Waals surface area contributed by atoms with Gasteiger partial charge >= 0.3 is 0 Å². The van der Waals surface area contributed by atoms with Gasteiger partial charge in [-0.3, -0.25) is 9.59 Å². The minimum Gasteiger partial charge on any atom is -0.349 e. The molecule has 3 heteroatoms. The normalized spacial score (nSPS) is 30.9. The predicted octanol–water partition coefficient (Wildman–Crippen LogP) is 2.15. The first kappa shape index (κ1) is 12.6. The molecular weight excluding hydrogens is 214 g/mol. The van der Waals surface area contributed by atoms with E-state index in [9.17, 15) is 9.59 Å². The van der Waals surface area contributed by atoms with Crippen LogP contribution in [0, 0.1) is 23.7 Å². The standard InChI is InChI=1S/C14H23NO2/c1-9(2)13(16)8-15-14(17)7-12-6-10-3-4-11(12)5-10/h9-12H,3-8H2,1-2H3,(H,15,17). The van der Waals surface area contributed by atoms with Crippen LogP contribution in [-0.2, 0) is 9.59 Å². The predicted molar refractivity (Wildman–Crippen MR) is 66.4 cm³/mol. The maximum Gasteiger partial charge on any atom is 0.220 e. The van der Waals surface area contributed by atoms with Crippen LogP contribution in [0.4, 0.5) is 0 Å². The number of amides is 1. The zero-order valence-electron chi connectivity index (χ0n) is 10.9. The Morgan fingerprint density at radius 2 is 2.00 bits per heavy atom. The zero-order valence-corrected chi connectivity index (χ0v) is 10.9. The lowest BCUT2D eigenvalue weighted by molar-refractivity contribution is -0.127. The van der Waals surface area contributed by atoms with Crippen LogP contribution >= 0.6 is 0 Å². The molecule has 3 unspecified atom stereocenters. The highest BCUT2D eigenvalue weighted by molar-refractivity contribution is 5.87. The van der Waals surface area contributed by atoms with Crippen molar-refractivity contribution < 1.29 is 9.59 Å². The van der Waals surface area contributed by atoms with Crippen molar-refractivity contribution >= 4 is 11.7 Å². The number of hydrogen-bond acceptors (Lipinski definition) is 2. The van der Waals surface area contributed by atoms with Gasteiger partial charge in [-0.2, -0.15) is 0 Å². The fourth-order valence-corrected chi connectivity index (χ4v) is 3.33. The molecule has 0 aromatic rings. The van der Waals surface area contributed by atoms with Crippen LogP contribution in [0.1, 0.15) is 46.0 Å². The van der Waals surface area contributed by atoms with Crippen LogP contribution in [0.25, 0.3) is 0 Å². The van der Waals surface area contributed by atoms with Gasteiger partial charge in [0.05, 0.1) is 6.54 Å². The van der Waals surface area contributed by atoms with Crippen molar-refractivity contribution in [2.24, 2.45) is 23.7 Å². The maximum atomic E-state index is 11.7. The third kappa shape index (κ3) is 3.08. The molecule has 0 aromatic heterocycles. The summed E-state index contributed by atoms with van der Waals surface area (Å²) in [5.41, 5.74) is 0. The Hall–Kier alpha value is -0.860. The number of rotatable bonds is 5. The monoisotopic (exact) mass is 237 g/mol. The van der Waals surface area contributed by atoms with E-state index in [1.165, 1.54) is 25.7 Å². The average Bonchev–Trinajstić information content (AvgIpc) is 2.87. The van der Waals surface area contributed by atoms with Crippen LogP contribution in [0.5, 0.6) is 0 Å². The molecule has 1 amide bonds. The van der Waals surface area contributed by atoms with Crippen molar-refractivity contribution in [1.29, 1.82) is 0 Å². The number of Topliss-reactive ketones (excluding diaryl/α,β-unsaturated/α-hetero) is 1. The van der Waals surface area contributed by atoms with E-state index >= 15 is 0 Å². The summed E-state index contributed by atoms with van der Waals surface area (Å²) in [6, 6.07) is 0. The van der Waals surface area contributed by atoms with Crippen molar-refractivity contribution in [3.8, 4) is 0 Å². The van der Waals surface area contributed by atoms with Crippen molar-refractivity contribution in [3.63, 3.8) is 0 Å². The summed E-state index contributed by atoms with van der Waals surface area (Å²) < 4.78 is 0. The molecule has 2 aliphatic carbocycles. The van der Waals surface area contributed by atoms with Crippen LogP contribution in [0.2, 0.25) is 0 Å². The summed E-state index contributed by atoms with van der Waals surface area (Å²) in [5, 5.41) is 2.76. The topological polar surface area (TPSA) is 46.2 Å². The average molecular weight is 237 g/mol. The first-order valence-corrected chi connectivity index (χ1v) is 6.85. The minimum absolute atomic E-state index is 0.0118. The summed E-state index contributed by atoms with van der Waals surface area (Å²) in [5.74, 6) is 2.45. The van der Waals surface area contributed by atoms with Crippen LogP contribution < -0.4 is 5.32 Å². The molecule has 0 aliphatic heterocycles. The van der Waals surface area contributed by atoms with Crippen LogP contribution in [0.15, 0.2) is 0 Å². The minimum atomic E-state index is 0.0118. The summed E-state index contributed by atoms with van der Waals surface area (Å²) in [6.45, 7) is 3.94. The molecule has 1 N–H and O–H groups in total. The molecule has 0 spiro atoms. The molecule has 2 aliphatic rings. The van der Waals surface area contributed by atoms with Gasteiger partial charge in [0.25, 0.3) is 0 Å². The lowest BCUT2D eigenvalue weighted by Crippen LogP contribution is -2.33. The van der Waals surface area contributed by atoms with E-state index in [-0.39, 0.29) is 24.2 Å². The van der Waals surface area contributed by atoms with E-state index in [1.54, 1.807) is 0 Å². The highest BCUT2D eigenvalue weighted by Crippen LogP contribution is 2.49. The summed E-state index contributed by atoms with van der Waals surface area (Å²) >= 11 is 0. The van der Waals surface area contributed by atoms with Crippen molar-refractivity contribution in [1.82, 2.24) is 5.32 Å². The lowest BCUT2D eigenvalue weighted by Gasteiger charge is -2.20. The van der Waals surface area contributed by atoms with Gasteiger partial charge in [-0.25, -0.2) is 0 Å². The zero-order chi connectivity index (χ0) is 12.4. The van der Waals surface area contributed by atoms with Crippen LogP contribution in [0.3, 0.4) is 0 Å². The first-order chi connectivity index (χ1) is 8.06. The van der Waals surface area contributed by atoms with E-state index in [0.29, 0.717) is 12.3 Å². The molecule has 3 nitrogen and oxygen atoms in total. The Labute approximate surface area is 103 Å². The Balaban J connectivity index is 1.69. The lowest BCUT2D eigenvalue weighted by atomic mass is 9.86. The molecule has 0 aromatic carbocycles. The SMILES string of the molecule is CC(C)C(=O)CNC(=O)CC1CC2CCC1C2. The molecule has 96 valence electrons. The van der Waals surface area contributed by atoms with E-state index < -0.39 is 0 Å². The second-order valence-corrected chi connectivity index (χ2v) is 6.04. The van der Waals surface area contributed by atoms with Gasteiger partial charge in [-0.1, -0.05) is 20.3 Å². The molecule has 0 saturated heterocycles. The Bertz CT molecular complexity index is 311. The van der Waals surface area contributed by atoms with E-state index in [0.717, 1.165) is 11.8 Å². The Morgan fingerprint density at radius 3 is 2.53 bits per heavy atom. The fraction of sp³-hybridized carbons (Fsp3) is 0.857. The largest absolute Gasteiger partial charge is 0.349 e. The highest BCUT2D eigenvalue weighted by Gasteiger charge is 2.40. The van der Waals surface area contributed by atoms with E-state index in [1.807, 2.05) is 13.8 Å². The van der Waals surface area contributed by atoms with Gasteiger partial charge in [0.2, 0.25) is 5.91 Å². The van der Waals surface area contributed by atoms with E-state index in [4.69, 9.17) is 0 Å². The summed E-state index contributed by atoms with van der Waals surface area (Å²) in [7, 11) is 0. The van der Waals surface area contributed by atoms with Gasteiger partial charge in [0.1, 0.15) is 0 Å². The molecule has 3 atom stereocenters. The Kier molecular flexibility index (Phi) is 3.85. The first-order valence-electron chi connectivity index (χ1n) is 6.85. The third-order valence-electron chi connectivity index (χ3n) is 4.44. The van der Waals surface area contributed by atoms with Gasteiger partial charge in [0.15, 0.2) is 5.78 Å². The molecule has 0 heterocycles. The van der Waals surface area contributed by atoms with Gasteiger partial charge in [-0.05, 0) is 37.0 Å². The molecule has 0 radical (unpaired) electrons. The van der Waals surface area contributed by atoms with Crippen molar-refractivity contribution in [2.75, 3.05) is 6.54 Å². The number of carbonyl (C=O) groups is 2. The molecule has 2 bridgehead atoms.